The lowest BCUT2D eigenvalue weighted by molar-refractivity contribution is -0.903. The summed E-state index contributed by atoms with van der Waals surface area (Å²) in [7, 11) is -4.01. The van der Waals surface area contributed by atoms with E-state index < -0.39 is 26.6 Å². The Morgan fingerprint density at radius 2 is 1.95 bits per heavy atom. The Balaban J connectivity index is 2.04. The fraction of sp³-hybridized carbons (Fsp3) is 0.500. The second-order valence-electron chi connectivity index (χ2n) is 5.24. The Hall–Kier alpha value is -1.56. The summed E-state index contributed by atoms with van der Waals surface area (Å²) >= 11 is 0. The van der Waals surface area contributed by atoms with Crippen molar-refractivity contribution < 1.29 is 22.1 Å². The van der Waals surface area contributed by atoms with Crippen molar-refractivity contribution in [2.45, 2.75) is 17.7 Å². The predicted octanol–water partition coefficient (Wildman–Crippen LogP) is 0.158. The number of benzene rings is 1. The van der Waals surface area contributed by atoms with E-state index in [1.807, 2.05) is 0 Å². The molecule has 5 nitrogen and oxygen atoms in total. The van der Waals surface area contributed by atoms with Crippen LogP contribution in [-0.4, -0.2) is 45.4 Å². The first kappa shape index (κ1) is 16.8. The second kappa shape index (κ2) is 7.13. The van der Waals surface area contributed by atoms with E-state index in [1.54, 1.807) is 0 Å². The number of hydrogen-bond acceptors (Lipinski definition) is 3. The van der Waals surface area contributed by atoms with Gasteiger partial charge in [0.1, 0.15) is 16.5 Å². The Bertz CT molecular complexity index is 665. The van der Waals surface area contributed by atoms with E-state index in [0.717, 1.165) is 31.2 Å². The van der Waals surface area contributed by atoms with Gasteiger partial charge < -0.3 is 4.90 Å². The minimum atomic E-state index is -4.01. The molecule has 1 saturated heterocycles. The number of hydrogen-bond donors (Lipinski definition) is 1. The van der Waals surface area contributed by atoms with Gasteiger partial charge in [0.25, 0.3) is 0 Å². The summed E-state index contributed by atoms with van der Waals surface area (Å²) in [6.07, 6.45) is 1.26. The van der Waals surface area contributed by atoms with E-state index in [0.29, 0.717) is 19.5 Å². The number of halogens is 2. The fourth-order valence-electron chi connectivity index (χ4n) is 2.52. The predicted molar refractivity (Wildman–Crippen MR) is 75.5 cm³/mol. The van der Waals surface area contributed by atoms with Crippen LogP contribution in [0, 0.1) is 23.0 Å². The van der Waals surface area contributed by atoms with E-state index in [4.69, 9.17) is 5.26 Å². The van der Waals surface area contributed by atoms with Gasteiger partial charge in [-0.3, -0.25) is 0 Å². The van der Waals surface area contributed by atoms with Crippen molar-refractivity contribution in [3.63, 3.8) is 0 Å². The van der Waals surface area contributed by atoms with Crippen LogP contribution in [0.5, 0.6) is 0 Å². The highest BCUT2D eigenvalue weighted by Gasteiger charge is 2.32. The number of sulfonamides is 1. The van der Waals surface area contributed by atoms with Gasteiger partial charge in [0, 0.05) is 12.8 Å². The molecule has 1 aromatic rings. The van der Waals surface area contributed by atoms with E-state index in [1.165, 1.54) is 9.21 Å². The molecule has 0 spiro atoms. The largest absolute Gasteiger partial charge is 0.333 e. The maximum absolute atomic E-state index is 13.7. The second-order valence-corrected chi connectivity index (χ2v) is 7.15. The molecule has 0 saturated carbocycles. The SMILES string of the molecule is N#CCCC[NH+]1CCN(S(=O)(=O)c2cc(F)ccc2F)CC1. The van der Waals surface area contributed by atoms with E-state index in [2.05, 4.69) is 6.07 Å². The first-order chi connectivity index (χ1) is 10.4. The van der Waals surface area contributed by atoms with Crippen LogP contribution in [0.25, 0.3) is 0 Å². The smallest absolute Gasteiger partial charge is 0.246 e. The maximum Gasteiger partial charge on any atom is 0.246 e. The summed E-state index contributed by atoms with van der Waals surface area (Å²) in [5, 5.41) is 8.51. The monoisotopic (exact) mass is 330 g/mol. The van der Waals surface area contributed by atoms with Crippen LogP contribution in [0.15, 0.2) is 23.1 Å². The van der Waals surface area contributed by atoms with Crippen molar-refractivity contribution in [1.82, 2.24) is 4.31 Å². The van der Waals surface area contributed by atoms with Crippen molar-refractivity contribution >= 4 is 10.0 Å². The zero-order chi connectivity index (χ0) is 16.2. The first-order valence-electron chi connectivity index (χ1n) is 7.11. The Labute approximate surface area is 128 Å². The first-order valence-corrected chi connectivity index (χ1v) is 8.55. The van der Waals surface area contributed by atoms with Gasteiger partial charge in [0.15, 0.2) is 0 Å². The fourth-order valence-corrected chi connectivity index (χ4v) is 4.04. The molecule has 1 aliphatic rings. The molecular weight excluding hydrogens is 312 g/mol. The molecule has 1 aliphatic heterocycles. The van der Waals surface area contributed by atoms with E-state index in [-0.39, 0.29) is 13.1 Å². The molecule has 2 rings (SSSR count). The number of nitriles is 1. The number of nitrogens with zero attached hydrogens (tertiary/aromatic N) is 2. The molecule has 0 aromatic heterocycles. The molecule has 0 amide bonds. The van der Waals surface area contributed by atoms with Crippen LogP contribution >= 0.6 is 0 Å². The quantitative estimate of drug-likeness (QED) is 0.782. The average Bonchev–Trinajstić information content (AvgIpc) is 2.50. The van der Waals surface area contributed by atoms with Gasteiger partial charge in [-0.1, -0.05) is 0 Å². The Morgan fingerprint density at radius 1 is 1.27 bits per heavy atom. The molecule has 0 bridgehead atoms. The summed E-state index contributed by atoms with van der Waals surface area (Å²) < 4.78 is 52.9. The van der Waals surface area contributed by atoms with Crippen LogP contribution in [-0.2, 0) is 10.0 Å². The molecule has 0 radical (unpaired) electrons. The maximum atomic E-state index is 13.7. The van der Waals surface area contributed by atoms with Gasteiger partial charge in [0.2, 0.25) is 10.0 Å². The summed E-state index contributed by atoms with van der Waals surface area (Å²) in [5.74, 6) is -1.72. The lowest BCUT2D eigenvalue weighted by Gasteiger charge is -2.31. The molecule has 0 unspecified atom stereocenters. The third-order valence-corrected chi connectivity index (χ3v) is 5.67. The van der Waals surface area contributed by atoms with Gasteiger partial charge in [-0.05, 0) is 18.2 Å². The Morgan fingerprint density at radius 3 is 2.59 bits per heavy atom. The number of nitrogens with one attached hydrogen (secondary N) is 1. The van der Waals surface area contributed by atoms with Crippen molar-refractivity contribution in [2.24, 2.45) is 0 Å². The number of rotatable bonds is 5. The zero-order valence-corrected chi connectivity index (χ0v) is 12.9. The molecule has 120 valence electrons. The van der Waals surface area contributed by atoms with Gasteiger partial charge in [0.05, 0.1) is 38.8 Å². The van der Waals surface area contributed by atoms with Crippen LogP contribution in [0.1, 0.15) is 12.8 Å². The van der Waals surface area contributed by atoms with Crippen LogP contribution in [0.4, 0.5) is 8.78 Å². The van der Waals surface area contributed by atoms with E-state index >= 15 is 0 Å². The van der Waals surface area contributed by atoms with Gasteiger partial charge in [-0.2, -0.15) is 9.57 Å². The molecule has 22 heavy (non-hydrogen) atoms. The minimum absolute atomic E-state index is 0.264. The van der Waals surface area contributed by atoms with Crippen molar-refractivity contribution in [3.8, 4) is 6.07 Å². The molecule has 1 fully saturated rings. The van der Waals surface area contributed by atoms with Gasteiger partial charge >= 0.3 is 0 Å². The third-order valence-electron chi connectivity index (χ3n) is 3.76. The molecular formula is C14H18F2N3O2S+. The molecule has 1 heterocycles. The van der Waals surface area contributed by atoms with Crippen molar-refractivity contribution in [1.29, 1.82) is 5.26 Å². The van der Waals surface area contributed by atoms with E-state index in [9.17, 15) is 17.2 Å². The van der Waals surface area contributed by atoms with Crippen LogP contribution in [0.2, 0.25) is 0 Å². The lowest BCUT2D eigenvalue weighted by atomic mass is 10.3. The molecule has 8 heteroatoms. The van der Waals surface area contributed by atoms with Crippen LogP contribution < -0.4 is 4.90 Å². The van der Waals surface area contributed by atoms with Crippen molar-refractivity contribution in [2.75, 3.05) is 32.7 Å². The summed E-state index contributed by atoms with van der Waals surface area (Å²) in [6, 6.07) is 4.52. The zero-order valence-electron chi connectivity index (χ0n) is 12.1. The highest BCUT2D eigenvalue weighted by Crippen LogP contribution is 2.20. The summed E-state index contributed by atoms with van der Waals surface area (Å²) in [6.45, 7) is 2.54. The van der Waals surface area contributed by atoms with Crippen molar-refractivity contribution in [3.05, 3.63) is 29.8 Å². The van der Waals surface area contributed by atoms with Gasteiger partial charge in [-0.15, -0.1) is 0 Å². The number of piperazine rings is 1. The van der Waals surface area contributed by atoms with Gasteiger partial charge in [-0.25, -0.2) is 17.2 Å². The molecule has 1 aromatic carbocycles. The molecule has 0 atom stereocenters. The molecule has 0 aliphatic carbocycles. The standard InChI is InChI=1S/C14H17F2N3O2S/c15-12-3-4-13(16)14(11-12)22(20,21)19-9-7-18(8-10-19)6-2-1-5-17/h3-4,11H,1-2,6-10H2/p+1. The summed E-state index contributed by atoms with van der Waals surface area (Å²) in [5.41, 5.74) is 0. The average molecular weight is 330 g/mol. The number of quaternary nitrogens is 1. The summed E-state index contributed by atoms with van der Waals surface area (Å²) in [4.78, 5) is 0.613. The minimum Gasteiger partial charge on any atom is -0.333 e. The lowest BCUT2D eigenvalue weighted by Crippen LogP contribution is -3.14. The Kier molecular flexibility index (Phi) is 5.45. The highest BCUT2D eigenvalue weighted by atomic mass is 32.2. The third kappa shape index (κ3) is 3.80. The molecule has 1 N–H and O–H groups in total. The normalized spacial score (nSPS) is 17.3. The van der Waals surface area contributed by atoms with Crippen LogP contribution in [0.3, 0.4) is 0 Å². The number of unbranched alkanes of at least 4 members (excludes halogenated alkanes) is 1. The topological polar surface area (TPSA) is 65.6 Å². The highest BCUT2D eigenvalue weighted by molar-refractivity contribution is 7.89.